The number of hydrogen-bond donors (Lipinski definition) is 4. The van der Waals surface area contributed by atoms with E-state index in [0.717, 1.165) is 24.3 Å². The average Bonchev–Trinajstić information content (AvgIpc) is 2.03. The van der Waals surface area contributed by atoms with Crippen LogP contribution in [0.4, 0.5) is 0 Å². The maximum Gasteiger partial charge on any atom is 0.524 e. The summed E-state index contributed by atoms with van der Waals surface area (Å²) in [4.78, 5) is 33.8. The lowest BCUT2D eigenvalue weighted by Crippen LogP contribution is -1.92. The third-order valence-electron chi connectivity index (χ3n) is 1.27. The molecule has 0 aliphatic rings. The third-order valence-corrected chi connectivity index (χ3v) is 2.17. The SMILES string of the molecule is O=P(O)(O)Oc1ccc(OP(=O)(O)O)cc1. The van der Waals surface area contributed by atoms with E-state index in [1.54, 1.807) is 0 Å². The molecular formula is C6H8O8P2. The van der Waals surface area contributed by atoms with Gasteiger partial charge in [-0.25, -0.2) is 9.13 Å². The molecule has 0 aliphatic heterocycles. The molecule has 0 aromatic heterocycles. The zero-order chi connectivity index (χ0) is 12.4. The van der Waals surface area contributed by atoms with Crippen LogP contribution in [-0.4, -0.2) is 19.6 Å². The number of hydrogen-bond acceptors (Lipinski definition) is 4. The van der Waals surface area contributed by atoms with Crippen molar-refractivity contribution in [1.29, 1.82) is 0 Å². The Morgan fingerprint density at radius 3 is 1.19 bits per heavy atom. The highest BCUT2D eigenvalue weighted by Crippen LogP contribution is 2.40. The van der Waals surface area contributed by atoms with Crippen molar-refractivity contribution < 1.29 is 37.8 Å². The first-order valence-corrected chi connectivity index (χ1v) is 6.82. The molecule has 8 nitrogen and oxygen atoms in total. The molecule has 1 rings (SSSR count). The van der Waals surface area contributed by atoms with Gasteiger partial charge in [0.1, 0.15) is 11.5 Å². The van der Waals surface area contributed by atoms with Crippen molar-refractivity contribution in [1.82, 2.24) is 0 Å². The first-order valence-electron chi connectivity index (χ1n) is 3.76. The van der Waals surface area contributed by atoms with Crippen molar-refractivity contribution >= 4 is 15.6 Å². The van der Waals surface area contributed by atoms with Crippen molar-refractivity contribution in [3.8, 4) is 11.5 Å². The van der Waals surface area contributed by atoms with Crippen molar-refractivity contribution in [2.24, 2.45) is 0 Å². The smallest absolute Gasteiger partial charge is 0.404 e. The van der Waals surface area contributed by atoms with Crippen molar-refractivity contribution in [3.63, 3.8) is 0 Å². The average molecular weight is 270 g/mol. The van der Waals surface area contributed by atoms with E-state index < -0.39 is 15.6 Å². The van der Waals surface area contributed by atoms with Gasteiger partial charge in [0, 0.05) is 0 Å². The summed E-state index contributed by atoms with van der Waals surface area (Å²) in [5.41, 5.74) is 0. The Hall–Kier alpha value is -0.880. The molecule has 0 saturated heterocycles. The van der Waals surface area contributed by atoms with Crippen LogP contribution in [0.3, 0.4) is 0 Å². The summed E-state index contributed by atoms with van der Waals surface area (Å²) < 4.78 is 29.3. The summed E-state index contributed by atoms with van der Waals surface area (Å²) in [7, 11) is -9.28. The third kappa shape index (κ3) is 5.27. The highest BCUT2D eigenvalue weighted by molar-refractivity contribution is 7.47. The summed E-state index contributed by atoms with van der Waals surface area (Å²) in [5, 5.41) is 0. The summed E-state index contributed by atoms with van der Waals surface area (Å²) in [6.07, 6.45) is 0. The van der Waals surface area contributed by atoms with Crippen molar-refractivity contribution in [3.05, 3.63) is 24.3 Å². The molecule has 0 fully saturated rings. The minimum atomic E-state index is -4.64. The normalized spacial score (nSPS) is 12.2. The van der Waals surface area contributed by atoms with Gasteiger partial charge in [0.25, 0.3) is 0 Å². The summed E-state index contributed by atoms with van der Waals surface area (Å²) in [6, 6.07) is 4.41. The topological polar surface area (TPSA) is 134 Å². The second kappa shape index (κ2) is 4.55. The summed E-state index contributed by atoms with van der Waals surface area (Å²) >= 11 is 0. The Morgan fingerprint density at radius 2 is 1.00 bits per heavy atom. The van der Waals surface area contributed by atoms with Crippen LogP contribution >= 0.6 is 15.6 Å². The Morgan fingerprint density at radius 1 is 0.750 bits per heavy atom. The predicted octanol–water partition coefficient (Wildman–Crippen LogP) is 0.630. The maximum absolute atomic E-state index is 10.4. The Balaban J connectivity index is 2.76. The number of phosphoric ester groups is 2. The number of phosphoric acid groups is 2. The van der Waals surface area contributed by atoms with E-state index in [9.17, 15) is 9.13 Å². The molecule has 16 heavy (non-hydrogen) atoms. The van der Waals surface area contributed by atoms with E-state index in [-0.39, 0.29) is 11.5 Å². The lowest BCUT2D eigenvalue weighted by molar-refractivity contribution is 0.278. The molecule has 1 aromatic carbocycles. The minimum Gasteiger partial charge on any atom is -0.404 e. The lowest BCUT2D eigenvalue weighted by atomic mass is 10.3. The van der Waals surface area contributed by atoms with Crippen LogP contribution in [0.2, 0.25) is 0 Å². The van der Waals surface area contributed by atoms with Gasteiger partial charge in [-0.3, -0.25) is 19.6 Å². The quantitative estimate of drug-likeness (QED) is 0.585. The molecular weight excluding hydrogens is 262 g/mol. The Kier molecular flexibility index (Phi) is 3.75. The van der Waals surface area contributed by atoms with Gasteiger partial charge >= 0.3 is 15.6 Å². The van der Waals surface area contributed by atoms with Crippen LogP contribution in [0.25, 0.3) is 0 Å². The van der Waals surface area contributed by atoms with E-state index in [4.69, 9.17) is 19.6 Å². The summed E-state index contributed by atoms with van der Waals surface area (Å²) in [6.45, 7) is 0. The molecule has 0 saturated carbocycles. The molecule has 0 aliphatic carbocycles. The highest BCUT2D eigenvalue weighted by Gasteiger charge is 2.18. The largest absolute Gasteiger partial charge is 0.524 e. The van der Waals surface area contributed by atoms with Crippen LogP contribution < -0.4 is 9.05 Å². The number of rotatable bonds is 4. The Bertz CT molecular complexity index is 399. The van der Waals surface area contributed by atoms with Crippen molar-refractivity contribution in [2.75, 3.05) is 0 Å². The molecule has 0 bridgehead atoms. The van der Waals surface area contributed by atoms with E-state index in [1.807, 2.05) is 0 Å². The van der Waals surface area contributed by atoms with Gasteiger partial charge in [-0.1, -0.05) is 0 Å². The van der Waals surface area contributed by atoms with Gasteiger partial charge in [0.05, 0.1) is 0 Å². The molecule has 0 radical (unpaired) electrons. The molecule has 10 heteroatoms. The standard InChI is InChI=1S/C6H8O8P2/c7-15(8,9)13-5-1-2-6(4-3-5)14-16(10,11)12/h1-4H,(H2,7,8,9)(H2,10,11,12). The van der Waals surface area contributed by atoms with Crippen LogP contribution in [0.1, 0.15) is 0 Å². The molecule has 0 atom stereocenters. The first-order chi connectivity index (χ1) is 7.16. The van der Waals surface area contributed by atoms with Gasteiger partial charge in [0.2, 0.25) is 0 Å². The minimum absolute atomic E-state index is 0.147. The van der Waals surface area contributed by atoms with Gasteiger partial charge in [0.15, 0.2) is 0 Å². The summed E-state index contributed by atoms with van der Waals surface area (Å²) in [5.74, 6) is -0.294. The van der Waals surface area contributed by atoms with Gasteiger partial charge in [-0.05, 0) is 24.3 Å². The highest BCUT2D eigenvalue weighted by atomic mass is 31.2. The van der Waals surface area contributed by atoms with E-state index in [1.165, 1.54) is 0 Å². The van der Waals surface area contributed by atoms with Crippen LogP contribution in [0.15, 0.2) is 24.3 Å². The molecule has 1 aromatic rings. The zero-order valence-electron chi connectivity index (χ0n) is 7.63. The van der Waals surface area contributed by atoms with Crippen LogP contribution in [0, 0.1) is 0 Å². The van der Waals surface area contributed by atoms with E-state index >= 15 is 0 Å². The fourth-order valence-corrected chi connectivity index (χ4v) is 1.63. The molecule has 90 valence electrons. The zero-order valence-corrected chi connectivity index (χ0v) is 9.41. The lowest BCUT2D eigenvalue weighted by Gasteiger charge is -2.08. The van der Waals surface area contributed by atoms with Crippen LogP contribution in [-0.2, 0) is 9.13 Å². The van der Waals surface area contributed by atoms with Gasteiger partial charge < -0.3 is 9.05 Å². The second-order valence-electron chi connectivity index (χ2n) is 2.64. The van der Waals surface area contributed by atoms with E-state index in [2.05, 4.69) is 9.05 Å². The predicted molar refractivity (Wildman–Crippen MR) is 51.8 cm³/mol. The molecule has 0 spiro atoms. The molecule has 0 heterocycles. The van der Waals surface area contributed by atoms with E-state index in [0.29, 0.717) is 0 Å². The second-order valence-corrected chi connectivity index (χ2v) is 4.96. The Labute approximate surface area is 89.9 Å². The van der Waals surface area contributed by atoms with Gasteiger partial charge in [-0.2, -0.15) is 0 Å². The number of benzene rings is 1. The molecule has 0 amide bonds. The molecule has 4 N–H and O–H groups in total. The molecule has 0 unspecified atom stereocenters. The van der Waals surface area contributed by atoms with Crippen molar-refractivity contribution in [2.45, 2.75) is 0 Å². The fraction of sp³-hybridized carbons (Fsp3) is 0. The monoisotopic (exact) mass is 270 g/mol. The fourth-order valence-electron chi connectivity index (χ4n) is 0.836. The van der Waals surface area contributed by atoms with Crippen LogP contribution in [0.5, 0.6) is 11.5 Å². The van der Waals surface area contributed by atoms with Gasteiger partial charge in [-0.15, -0.1) is 0 Å². The maximum atomic E-state index is 10.4. The first kappa shape index (κ1) is 13.2.